The van der Waals surface area contributed by atoms with Gasteiger partial charge in [-0.15, -0.1) is 0 Å². The summed E-state index contributed by atoms with van der Waals surface area (Å²) in [6.07, 6.45) is 0. The van der Waals surface area contributed by atoms with Crippen molar-refractivity contribution in [3.8, 4) is 0 Å². The Kier molecular flexibility index (Phi) is 5.36. The summed E-state index contributed by atoms with van der Waals surface area (Å²) >= 11 is 3.36. The van der Waals surface area contributed by atoms with Gasteiger partial charge in [0.15, 0.2) is 0 Å². The molecular formula is C16H17BrN2O2. The van der Waals surface area contributed by atoms with Crippen LogP contribution < -0.4 is 11.1 Å². The second kappa shape index (κ2) is 7.24. The maximum Gasteiger partial charge on any atom is 0.252 e. The van der Waals surface area contributed by atoms with Crippen LogP contribution in [-0.4, -0.2) is 13.0 Å². The fourth-order valence-corrected chi connectivity index (χ4v) is 2.44. The summed E-state index contributed by atoms with van der Waals surface area (Å²) in [5.74, 6) is -0.165. The summed E-state index contributed by atoms with van der Waals surface area (Å²) in [6, 6.07) is 13.0. The van der Waals surface area contributed by atoms with E-state index in [9.17, 15) is 4.79 Å². The molecule has 21 heavy (non-hydrogen) atoms. The van der Waals surface area contributed by atoms with Crippen LogP contribution in [0.3, 0.4) is 0 Å². The van der Waals surface area contributed by atoms with Crippen LogP contribution in [0.4, 0.5) is 5.69 Å². The van der Waals surface area contributed by atoms with E-state index in [1.807, 2.05) is 24.3 Å². The number of halogens is 1. The van der Waals surface area contributed by atoms with Gasteiger partial charge < -0.3 is 15.8 Å². The number of carbonyl (C=O) groups excluding carboxylic acids is 1. The van der Waals surface area contributed by atoms with E-state index in [0.29, 0.717) is 24.4 Å². The fourth-order valence-electron chi connectivity index (χ4n) is 2.01. The number of benzene rings is 2. The number of anilines is 1. The number of carbonyl (C=O) groups is 1. The van der Waals surface area contributed by atoms with E-state index in [1.54, 1.807) is 25.3 Å². The van der Waals surface area contributed by atoms with Crippen molar-refractivity contribution < 1.29 is 9.53 Å². The first-order chi connectivity index (χ1) is 10.1. The SMILES string of the molecule is COCc1ccccc1CNC(=O)c1cc(N)ccc1Br. The van der Waals surface area contributed by atoms with Gasteiger partial charge >= 0.3 is 0 Å². The summed E-state index contributed by atoms with van der Waals surface area (Å²) in [7, 11) is 1.65. The zero-order valence-corrected chi connectivity index (χ0v) is 13.3. The summed E-state index contributed by atoms with van der Waals surface area (Å²) in [4.78, 5) is 12.2. The predicted octanol–water partition coefficient (Wildman–Crippen LogP) is 3.11. The Balaban J connectivity index is 2.09. The molecule has 0 saturated carbocycles. The molecular weight excluding hydrogens is 332 g/mol. The molecule has 5 heteroatoms. The van der Waals surface area contributed by atoms with Crippen molar-refractivity contribution in [2.24, 2.45) is 0 Å². The molecule has 0 spiro atoms. The lowest BCUT2D eigenvalue weighted by molar-refractivity contribution is 0.0949. The van der Waals surface area contributed by atoms with Gasteiger partial charge in [0.05, 0.1) is 12.2 Å². The van der Waals surface area contributed by atoms with E-state index < -0.39 is 0 Å². The maximum absolute atomic E-state index is 12.2. The molecule has 0 aliphatic heterocycles. The van der Waals surface area contributed by atoms with Gasteiger partial charge in [-0.25, -0.2) is 0 Å². The van der Waals surface area contributed by atoms with Crippen LogP contribution in [0.1, 0.15) is 21.5 Å². The van der Waals surface area contributed by atoms with E-state index in [0.717, 1.165) is 15.6 Å². The lowest BCUT2D eigenvalue weighted by Crippen LogP contribution is -2.24. The van der Waals surface area contributed by atoms with Crippen LogP contribution in [0.25, 0.3) is 0 Å². The largest absolute Gasteiger partial charge is 0.399 e. The molecule has 0 bridgehead atoms. The van der Waals surface area contributed by atoms with Gasteiger partial charge in [0.1, 0.15) is 0 Å². The second-order valence-electron chi connectivity index (χ2n) is 4.62. The van der Waals surface area contributed by atoms with Gasteiger partial charge in [0.25, 0.3) is 5.91 Å². The van der Waals surface area contributed by atoms with Crippen LogP contribution in [0.5, 0.6) is 0 Å². The monoisotopic (exact) mass is 348 g/mol. The number of methoxy groups -OCH3 is 1. The Morgan fingerprint density at radius 3 is 2.67 bits per heavy atom. The molecule has 1 amide bonds. The maximum atomic E-state index is 12.2. The van der Waals surface area contributed by atoms with Gasteiger partial charge in [-0.1, -0.05) is 24.3 Å². The average Bonchev–Trinajstić information content (AvgIpc) is 2.49. The molecule has 0 radical (unpaired) electrons. The third-order valence-corrected chi connectivity index (χ3v) is 3.78. The van der Waals surface area contributed by atoms with Crippen molar-refractivity contribution in [1.82, 2.24) is 5.32 Å². The van der Waals surface area contributed by atoms with Crippen molar-refractivity contribution >= 4 is 27.5 Å². The van der Waals surface area contributed by atoms with Crippen molar-refractivity contribution in [3.05, 3.63) is 63.6 Å². The Morgan fingerprint density at radius 1 is 1.24 bits per heavy atom. The second-order valence-corrected chi connectivity index (χ2v) is 5.48. The Morgan fingerprint density at radius 2 is 1.95 bits per heavy atom. The summed E-state index contributed by atoms with van der Waals surface area (Å²) < 4.78 is 5.88. The molecule has 0 unspecified atom stereocenters. The molecule has 0 saturated heterocycles. The van der Waals surface area contributed by atoms with E-state index in [1.165, 1.54) is 0 Å². The normalized spacial score (nSPS) is 10.4. The van der Waals surface area contributed by atoms with Gasteiger partial charge in [-0.3, -0.25) is 4.79 Å². The molecule has 0 fully saturated rings. The third-order valence-electron chi connectivity index (χ3n) is 3.09. The smallest absolute Gasteiger partial charge is 0.252 e. The van der Waals surface area contributed by atoms with E-state index in [-0.39, 0.29) is 5.91 Å². The lowest BCUT2D eigenvalue weighted by Gasteiger charge is -2.11. The Bertz CT molecular complexity index is 644. The first-order valence-electron chi connectivity index (χ1n) is 6.50. The predicted molar refractivity (Wildman–Crippen MR) is 86.9 cm³/mol. The number of rotatable bonds is 5. The van der Waals surface area contributed by atoms with Crippen molar-refractivity contribution in [1.29, 1.82) is 0 Å². The van der Waals surface area contributed by atoms with Crippen LogP contribution in [-0.2, 0) is 17.9 Å². The van der Waals surface area contributed by atoms with Gasteiger partial charge in [0, 0.05) is 23.8 Å². The van der Waals surface area contributed by atoms with Gasteiger partial charge in [0.2, 0.25) is 0 Å². The van der Waals surface area contributed by atoms with Crippen molar-refractivity contribution in [3.63, 3.8) is 0 Å². The summed E-state index contributed by atoms with van der Waals surface area (Å²) in [5, 5.41) is 2.90. The quantitative estimate of drug-likeness (QED) is 0.816. The number of nitrogen functional groups attached to an aromatic ring is 1. The zero-order chi connectivity index (χ0) is 15.2. The molecule has 2 aromatic carbocycles. The molecule has 0 atom stereocenters. The molecule has 4 nitrogen and oxygen atoms in total. The number of nitrogens with one attached hydrogen (secondary N) is 1. The number of nitrogens with two attached hydrogens (primary N) is 1. The van der Waals surface area contributed by atoms with Crippen molar-refractivity contribution in [2.75, 3.05) is 12.8 Å². The molecule has 0 aliphatic carbocycles. The van der Waals surface area contributed by atoms with Gasteiger partial charge in [-0.2, -0.15) is 0 Å². The van der Waals surface area contributed by atoms with E-state index in [4.69, 9.17) is 10.5 Å². The highest BCUT2D eigenvalue weighted by Crippen LogP contribution is 2.19. The molecule has 0 aromatic heterocycles. The minimum atomic E-state index is -0.165. The number of hydrogen-bond donors (Lipinski definition) is 2. The van der Waals surface area contributed by atoms with Crippen LogP contribution >= 0.6 is 15.9 Å². The fraction of sp³-hybridized carbons (Fsp3) is 0.188. The number of hydrogen-bond acceptors (Lipinski definition) is 3. The third kappa shape index (κ3) is 4.06. The highest BCUT2D eigenvalue weighted by Gasteiger charge is 2.11. The highest BCUT2D eigenvalue weighted by molar-refractivity contribution is 9.10. The van der Waals surface area contributed by atoms with E-state index in [2.05, 4.69) is 21.2 Å². The first-order valence-corrected chi connectivity index (χ1v) is 7.30. The van der Waals surface area contributed by atoms with Crippen LogP contribution in [0.2, 0.25) is 0 Å². The number of amides is 1. The highest BCUT2D eigenvalue weighted by atomic mass is 79.9. The lowest BCUT2D eigenvalue weighted by atomic mass is 10.1. The Labute approximate surface area is 132 Å². The van der Waals surface area contributed by atoms with Crippen LogP contribution in [0, 0.1) is 0 Å². The van der Waals surface area contributed by atoms with Crippen LogP contribution in [0.15, 0.2) is 46.9 Å². The molecule has 110 valence electrons. The minimum Gasteiger partial charge on any atom is -0.399 e. The summed E-state index contributed by atoms with van der Waals surface area (Å²) in [6.45, 7) is 0.966. The molecule has 3 N–H and O–H groups in total. The Hall–Kier alpha value is -1.85. The van der Waals surface area contributed by atoms with Gasteiger partial charge in [-0.05, 0) is 45.3 Å². The zero-order valence-electron chi connectivity index (χ0n) is 11.7. The molecule has 2 aromatic rings. The molecule has 2 rings (SSSR count). The molecule has 0 heterocycles. The minimum absolute atomic E-state index is 0.165. The average molecular weight is 349 g/mol. The molecule has 0 aliphatic rings. The summed E-state index contributed by atoms with van der Waals surface area (Å²) in [5.41, 5.74) is 8.90. The first kappa shape index (κ1) is 15.5. The van der Waals surface area contributed by atoms with E-state index >= 15 is 0 Å². The number of ether oxygens (including phenoxy) is 1. The standard InChI is InChI=1S/C16H17BrN2O2/c1-21-10-12-5-3-2-4-11(12)9-19-16(20)14-8-13(18)6-7-15(14)17/h2-8H,9-10,18H2,1H3,(H,19,20). The van der Waals surface area contributed by atoms with Crippen molar-refractivity contribution in [2.45, 2.75) is 13.2 Å². The topological polar surface area (TPSA) is 64.3 Å².